The van der Waals surface area contributed by atoms with Crippen LogP contribution in [0.25, 0.3) is 0 Å². The average Bonchev–Trinajstić information content (AvgIpc) is 2.47. The van der Waals surface area contributed by atoms with Gasteiger partial charge in [0.2, 0.25) is 0 Å². The minimum Gasteiger partial charge on any atom is -0.327 e. The Kier molecular flexibility index (Phi) is 4.16. The van der Waals surface area contributed by atoms with Crippen molar-refractivity contribution < 1.29 is 0 Å². The minimum absolute atomic E-state index is 0.158. The number of nitrogens with two attached hydrogens (primary N) is 1. The maximum Gasteiger partial charge on any atom is 0.0842 e. The van der Waals surface area contributed by atoms with Crippen molar-refractivity contribution in [2.24, 2.45) is 12.8 Å². The SMILES string of the molecule is Cn1cc(CC(N)CSC(C)(C)C)nn1. The number of hydrogen-bond donors (Lipinski definition) is 1. The van der Waals surface area contributed by atoms with Crippen molar-refractivity contribution >= 4 is 11.8 Å². The minimum atomic E-state index is 0.158. The highest BCUT2D eigenvalue weighted by Crippen LogP contribution is 2.23. The summed E-state index contributed by atoms with van der Waals surface area (Å²) in [5.74, 6) is 0.958. The van der Waals surface area contributed by atoms with E-state index in [-0.39, 0.29) is 10.8 Å². The van der Waals surface area contributed by atoms with Gasteiger partial charge in [0.05, 0.1) is 5.69 Å². The third kappa shape index (κ3) is 5.18. The number of nitrogens with zero attached hydrogens (tertiary/aromatic N) is 3. The molecule has 1 unspecified atom stereocenters. The second-order valence-corrected chi connectivity index (χ2v) is 6.62. The molecule has 1 aromatic heterocycles. The fourth-order valence-electron chi connectivity index (χ4n) is 1.17. The van der Waals surface area contributed by atoms with Gasteiger partial charge < -0.3 is 5.73 Å². The zero-order valence-electron chi connectivity index (χ0n) is 9.90. The van der Waals surface area contributed by atoms with E-state index in [0.717, 1.165) is 17.9 Å². The van der Waals surface area contributed by atoms with E-state index in [1.54, 1.807) is 4.68 Å². The van der Waals surface area contributed by atoms with Crippen molar-refractivity contribution in [3.63, 3.8) is 0 Å². The fourth-order valence-corrected chi connectivity index (χ4v) is 2.01. The van der Waals surface area contributed by atoms with Crippen molar-refractivity contribution in [3.8, 4) is 0 Å². The molecule has 1 atom stereocenters. The lowest BCUT2D eigenvalue weighted by Crippen LogP contribution is -2.28. The van der Waals surface area contributed by atoms with Crippen LogP contribution in [0.5, 0.6) is 0 Å². The summed E-state index contributed by atoms with van der Waals surface area (Å²) >= 11 is 1.89. The molecular formula is C10H20N4S. The Morgan fingerprint density at radius 2 is 2.20 bits per heavy atom. The van der Waals surface area contributed by atoms with E-state index in [9.17, 15) is 0 Å². The van der Waals surface area contributed by atoms with E-state index in [4.69, 9.17) is 5.73 Å². The van der Waals surface area contributed by atoms with Crippen LogP contribution in [-0.4, -0.2) is 31.5 Å². The lowest BCUT2D eigenvalue weighted by Gasteiger charge is -2.20. The van der Waals surface area contributed by atoms with Gasteiger partial charge in [-0.05, 0) is 0 Å². The second kappa shape index (κ2) is 4.99. The standard InChI is InChI=1S/C10H20N4S/c1-10(2,3)15-7-8(11)5-9-6-14(4)13-12-9/h6,8H,5,7,11H2,1-4H3. The number of aromatic nitrogens is 3. The van der Waals surface area contributed by atoms with E-state index in [1.807, 2.05) is 25.0 Å². The Morgan fingerprint density at radius 3 is 2.67 bits per heavy atom. The summed E-state index contributed by atoms with van der Waals surface area (Å²) in [6, 6.07) is 0.158. The average molecular weight is 228 g/mol. The summed E-state index contributed by atoms with van der Waals surface area (Å²) in [6.45, 7) is 6.60. The van der Waals surface area contributed by atoms with Gasteiger partial charge in [-0.15, -0.1) is 5.10 Å². The molecule has 1 heterocycles. The maximum atomic E-state index is 6.02. The normalized spacial score (nSPS) is 14.2. The quantitative estimate of drug-likeness (QED) is 0.842. The Labute approximate surface area is 95.6 Å². The van der Waals surface area contributed by atoms with Crippen molar-refractivity contribution in [2.45, 2.75) is 38.0 Å². The molecule has 0 amide bonds. The van der Waals surface area contributed by atoms with Gasteiger partial charge in [0.25, 0.3) is 0 Å². The predicted octanol–water partition coefficient (Wildman–Crippen LogP) is 1.22. The third-order valence-corrected chi connectivity index (χ3v) is 3.31. The monoisotopic (exact) mass is 228 g/mol. The first-order chi connectivity index (χ1) is 6.87. The molecule has 2 N–H and O–H groups in total. The van der Waals surface area contributed by atoms with Gasteiger partial charge in [-0.3, -0.25) is 4.68 Å². The maximum absolute atomic E-state index is 6.02. The molecule has 0 aliphatic carbocycles. The molecule has 1 rings (SSSR count). The Bertz CT molecular complexity index is 303. The van der Waals surface area contributed by atoms with Crippen LogP contribution in [-0.2, 0) is 13.5 Å². The van der Waals surface area contributed by atoms with Gasteiger partial charge in [0.1, 0.15) is 0 Å². The number of rotatable bonds is 4. The summed E-state index contributed by atoms with van der Waals surface area (Å²) < 4.78 is 1.99. The zero-order chi connectivity index (χ0) is 11.5. The second-order valence-electron chi connectivity index (χ2n) is 4.77. The van der Waals surface area contributed by atoms with E-state index in [0.29, 0.717) is 0 Å². The first-order valence-electron chi connectivity index (χ1n) is 5.11. The molecule has 0 fully saturated rings. The summed E-state index contributed by atoms with van der Waals surface area (Å²) in [5.41, 5.74) is 7.00. The van der Waals surface area contributed by atoms with E-state index in [1.165, 1.54) is 0 Å². The molecule has 0 bridgehead atoms. The lowest BCUT2D eigenvalue weighted by atomic mass is 10.2. The van der Waals surface area contributed by atoms with Crippen molar-refractivity contribution in [1.29, 1.82) is 0 Å². The molecule has 86 valence electrons. The van der Waals surface area contributed by atoms with E-state index < -0.39 is 0 Å². The van der Waals surface area contributed by atoms with Crippen LogP contribution in [0.1, 0.15) is 26.5 Å². The molecule has 0 spiro atoms. The lowest BCUT2D eigenvalue weighted by molar-refractivity contribution is 0.702. The van der Waals surface area contributed by atoms with Crippen LogP contribution in [0, 0.1) is 0 Å². The van der Waals surface area contributed by atoms with Gasteiger partial charge in [-0.2, -0.15) is 11.8 Å². The van der Waals surface area contributed by atoms with E-state index >= 15 is 0 Å². The molecule has 15 heavy (non-hydrogen) atoms. The number of thioether (sulfide) groups is 1. The van der Waals surface area contributed by atoms with Crippen molar-refractivity contribution in [3.05, 3.63) is 11.9 Å². The van der Waals surface area contributed by atoms with Crippen LogP contribution in [0.3, 0.4) is 0 Å². The molecule has 0 aliphatic heterocycles. The molecular weight excluding hydrogens is 208 g/mol. The highest BCUT2D eigenvalue weighted by molar-refractivity contribution is 8.00. The van der Waals surface area contributed by atoms with Crippen molar-refractivity contribution in [1.82, 2.24) is 15.0 Å². The first kappa shape index (κ1) is 12.5. The van der Waals surface area contributed by atoms with Gasteiger partial charge >= 0.3 is 0 Å². The fraction of sp³-hybridized carbons (Fsp3) is 0.800. The molecule has 0 aliphatic rings. The smallest absolute Gasteiger partial charge is 0.0842 e. The van der Waals surface area contributed by atoms with Crippen LogP contribution in [0.15, 0.2) is 6.20 Å². The summed E-state index contributed by atoms with van der Waals surface area (Å²) in [4.78, 5) is 0. The summed E-state index contributed by atoms with van der Waals surface area (Å²) in [7, 11) is 1.87. The summed E-state index contributed by atoms with van der Waals surface area (Å²) in [6.07, 6.45) is 2.72. The molecule has 0 saturated carbocycles. The van der Waals surface area contributed by atoms with Crippen LogP contribution >= 0.6 is 11.8 Å². The Balaban J connectivity index is 2.33. The highest BCUT2D eigenvalue weighted by atomic mass is 32.2. The summed E-state index contributed by atoms with van der Waals surface area (Å²) in [5, 5.41) is 7.91. The highest BCUT2D eigenvalue weighted by Gasteiger charge is 2.14. The van der Waals surface area contributed by atoms with Crippen LogP contribution in [0.4, 0.5) is 0 Å². The molecule has 5 heteroatoms. The molecule has 0 radical (unpaired) electrons. The molecule has 0 saturated heterocycles. The molecule has 1 aromatic rings. The van der Waals surface area contributed by atoms with Gasteiger partial charge in [0, 0.05) is 36.2 Å². The topological polar surface area (TPSA) is 56.7 Å². The van der Waals surface area contributed by atoms with Crippen LogP contribution in [0.2, 0.25) is 0 Å². The molecule has 0 aromatic carbocycles. The van der Waals surface area contributed by atoms with E-state index in [2.05, 4.69) is 31.1 Å². The Hall–Kier alpha value is -0.550. The van der Waals surface area contributed by atoms with Gasteiger partial charge in [0.15, 0.2) is 0 Å². The number of aryl methyl sites for hydroxylation is 1. The predicted molar refractivity (Wildman–Crippen MR) is 64.9 cm³/mol. The number of hydrogen-bond acceptors (Lipinski definition) is 4. The third-order valence-electron chi connectivity index (χ3n) is 1.85. The first-order valence-corrected chi connectivity index (χ1v) is 6.10. The Morgan fingerprint density at radius 1 is 1.53 bits per heavy atom. The van der Waals surface area contributed by atoms with Gasteiger partial charge in [-0.1, -0.05) is 26.0 Å². The molecule has 4 nitrogen and oxygen atoms in total. The largest absolute Gasteiger partial charge is 0.327 e. The van der Waals surface area contributed by atoms with Gasteiger partial charge in [-0.25, -0.2) is 0 Å². The zero-order valence-corrected chi connectivity index (χ0v) is 10.7. The van der Waals surface area contributed by atoms with Crippen LogP contribution < -0.4 is 5.73 Å². The van der Waals surface area contributed by atoms with Crippen molar-refractivity contribution in [2.75, 3.05) is 5.75 Å².